The lowest BCUT2D eigenvalue weighted by atomic mass is 10.2. The Labute approximate surface area is 102 Å². The van der Waals surface area contributed by atoms with Crippen molar-refractivity contribution in [1.29, 1.82) is 0 Å². The van der Waals surface area contributed by atoms with E-state index in [1.165, 1.54) is 0 Å². The quantitative estimate of drug-likeness (QED) is 0.459. The van der Waals surface area contributed by atoms with Gasteiger partial charge < -0.3 is 5.32 Å². The normalized spacial score (nSPS) is 9.25. The third-order valence-electron chi connectivity index (χ3n) is 1.88. The van der Waals surface area contributed by atoms with Crippen LogP contribution in [0.1, 0.15) is 5.56 Å². The zero-order valence-corrected chi connectivity index (χ0v) is 10.2. The van der Waals surface area contributed by atoms with Crippen LogP contribution in [0.5, 0.6) is 0 Å². The molecule has 1 rings (SSSR count). The topological polar surface area (TPSA) is 12.0 Å². The molecule has 1 N–H and O–H groups in total. The van der Waals surface area contributed by atoms with Crippen molar-refractivity contribution in [3.63, 3.8) is 0 Å². The van der Waals surface area contributed by atoms with E-state index in [4.69, 9.17) is 0 Å². The standard InChI is InChI=1S/C14H17NS/c1-2-12-16-13-11-15-10-6-9-14-7-4-3-5-8-14/h2-5,7-8,15H,1,10-13H2. The smallest absolute Gasteiger partial charge is 0.0580 e. The molecule has 0 aliphatic rings. The summed E-state index contributed by atoms with van der Waals surface area (Å²) in [4.78, 5) is 0. The predicted molar refractivity (Wildman–Crippen MR) is 73.7 cm³/mol. The molecule has 0 amide bonds. The van der Waals surface area contributed by atoms with E-state index in [1.807, 2.05) is 48.2 Å². The first-order chi connectivity index (χ1) is 7.93. The van der Waals surface area contributed by atoms with Gasteiger partial charge in [-0.1, -0.05) is 36.1 Å². The zero-order valence-electron chi connectivity index (χ0n) is 9.41. The Morgan fingerprint density at radius 2 is 2.12 bits per heavy atom. The highest BCUT2D eigenvalue weighted by atomic mass is 32.2. The van der Waals surface area contributed by atoms with E-state index in [0.29, 0.717) is 0 Å². The molecule has 1 aromatic rings. The zero-order chi connectivity index (χ0) is 11.5. The van der Waals surface area contributed by atoms with Crippen molar-refractivity contribution in [1.82, 2.24) is 5.32 Å². The van der Waals surface area contributed by atoms with Gasteiger partial charge in [-0.25, -0.2) is 0 Å². The molecule has 0 spiro atoms. The monoisotopic (exact) mass is 231 g/mol. The number of hydrogen-bond acceptors (Lipinski definition) is 2. The van der Waals surface area contributed by atoms with Crippen LogP contribution in [-0.2, 0) is 0 Å². The molecule has 0 fully saturated rings. The Morgan fingerprint density at radius 1 is 1.31 bits per heavy atom. The molecule has 0 bridgehead atoms. The van der Waals surface area contributed by atoms with E-state index < -0.39 is 0 Å². The van der Waals surface area contributed by atoms with Gasteiger partial charge >= 0.3 is 0 Å². The van der Waals surface area contributed by atoms with E-state index in [0.717, 1.165) is 30.2 Å². The molecule has 0 saturated carbocycles. The summed E-state index contributed by atoms with van der Waals surface area (Å²) >= 11 is 1.88. The van der Waals surface area contributed by atoms with Crippen molar-refractivity contribution in [2.24, 2.45) is 0 Å². The maximum absolute atomic E-state index is 3.68. The third kappa shape index (κ3) is 6.34. The minimum atomic E-state index is 0.754. The van der Waals surface area contributed by atoms with Crippen LogP contribution in [0.3, 0.4) is 0 Å². The SMILES string of the molecule is C=CCSCCNCC#Cc1ccccc1. The van der Waals surface area contributed by atoms with E-state index in [-0.39, 0.29) is 0 Å². The van der Waals surface area contributed by atoms with Crippen molar-refractivity contribution in [3.05, 3.63) is 48.6 Å². The Kier molecular flexibility index (Phi) is 7.32. The number of benzene rings is 1. The number of rotatable bonds is 6. The highest BCUT2D eigenvalue weighted by Gasteiger charge is 1.85. The average molecular weight is 231 g/mol. The van der Waals surface area contributed by atoms with Crippen molar-refractivity contribution >= 4 is 11.8 Å². The van der Waals surface area contributed by atoms with Gasteiger partial charge in [0.05, 0.1) is 6.54 Å². The summed E-state index contributed by atoms with van der Waals surface area (Å²) in [6, 6.07) is 10.0. The molecule has 0 unspecified atom stereocenters. The molecular weight excluding hydrogens is 214 g/mol. The lowest BCUT2D eigenvalue weighted by Crippen LogP contribution is -2.17. The van der Waals surface area contributed by atoms with Crippen LogP contribution in [0.25, 0.3) is 0 Å². The predicted octanol–water partition coefficient (Wildman–Crippen LogP) is 2.55. The Hall–Kier alpha value is -1.17. The number of thioether (sulfide) groups is 1. The summed E-state index contributed by atoms with van der Waals surface area (Å²) < 4.78 is 0. The molecular formula is C14H17NS. The summed E-state index contributed by atoms with van der Waals surface area (Å²) in [7, 11) is 0. The third-order valence-corrected chi connectivity index (χ3v) is 2.84. The van der Waals surface area contributed by atoms with Crippen molar-refractivity contribution < 1.29 is 0 Å². The maximum atomic E-state index is 3.68. The van der Waals surface area contributed by atoms with E-state index in [9.17, 15) is 0 Å². The Bertz CT molecular complexity index is 348. The largest absolute Gasteiger partial charge is 0.305 e. The lowest BCUT2D eigenvalue weighted by molar-refractivity contribution is 0.818. The van der Waals surface area contributed by atoms with Gasteiger partial charge in [0.15, 0.2) is 0 Å². The summed E-state index contributed by atoms with van der Waals surface area (Å²) in [5.41, 5.74) is 1.07. The van der Waals surface area contributed by atoms with Crippen LogP contribution in [0.2, 0.25) is 0 Å². The van der Waals surface area contributed by atoms with Gasteiger partial charge in [0.25, 0.3) is 0 Å². The van der Waals surface area contributed by atoms with Gasteiger partial charge in [-0.2, -0.15) is 11.8 Å². The molecule has 0 heterocycles. The fourth-order valence-electron chi connectivity index (χ4n) is 1.13. The van der Waals surface area contributed by atoms with Crippen LogP contribution in [0.4, 0.5) is 0 Å². The second-order valence-corrected chi connectivity index (χ2v) is 4.36. The van der Waals surface area contributed by atoms with Crippen LogP contribution in [0, 0.1) is 11.8 Å². The molecule has 0 aliphatic heterocycles. The lowest BCUT2D eigenvalue weighted by Gasteiger charge is -1.98. The van der Waals surface area contributed by atoms with Crippen LogP contribution in [-0.4, -0.2) is 24.6 Å². The Balaban J connectivity index is 2.07. The molecule has 1 aromatic carbocycles. The van der Waals surface area contributed by atoms with Gasteiger partial charge in [-0.05, 0) is 12.1 Å². The summed E-state index contributed by atoms with van der Waals surface area (Å²) in [6.07, 6.45) is 1.93. The highest BCUT2D eigenvalue weighted by Crippen LogP contribution is 1.96. The molecule has 0 radical (unpaired) electrons. The second-order valence-electron chi connectivity index (χ2n) is 3.21. The first-order valence-electron chi connectivity index (χ1n) is 5.37. The molecule has 1 nitrogen and oxygen atoms in total. The molecule has 84 valence electrons. The number of hydrogen-bond donors (Lipinski definition) is 1. The summed E-state index contributed by atoms with van der Waals surface area (Å²) in [5, 5.41) is 3.29. The molecule has 16 heavy (non-hydrogen) atoms. The van der Waals surface area contributed by atoms with Crippen LogP contribution in [0.15, 0.2) is 43.0 Å². The van der Waals surface area contributed by atoms with Crippen LogP contribution < -0.4 is 5.32 Å². The fourth-order valence-corrected chi connectivity index (χ4v) is 1.75. The minimum Gasteiger partial charge on any atom is -0.305 e. The van der Waals surface area contributed by atoms with Gasteiger partial charge in [0.1, 0.15) is 0 Å². The van der Waals surface area contributed by atoms with E-state index in [2.05, 4.69) is 23.7 Å². The second kappa shape index (κ2) is 9.08. The van der Waals surface area contributed by atoms with Crippen molar-refractivity contribution in [2.75, 3.05) is 24.6 Å². The highest BCUT2D eigenvalue weighted by molar-refractivity contribution is 7.99. The minimum absolute atomic E-state index is 0.754. The average Bonchev–Trinajstić information content (AvgIpc) is 2.34. The maximum Gasteiger partial charge on any atom is 0.0580 e. The van der Waals surface area contributed by atoms with E-state index in [1.54, 1.807) is 0 Å². The fraction of sp³-hybridized carbons (Fsp3) is 0.286. The summed E-state index contributed by atoms with van der Waals surface area (Å²) in [5.74, 6) is 8.35. The van der Waals surface area contributed by atoms with Gasteiger partial charge in [-0.3, -0.25) is 0 Å². The first kappa shape index (κ1) is 12.9. The summed E-state index contributed by atoms with van der Waals surface area (Å²) in [6.45, 7) is 5.43. The van der Waals surface area contributed by atoms with Gasteiger partial charge in [0.2, 0.25) is 0 Å². The Morgan fingerprint density at radius 3 is 2.88 bits per heavy atom. The van der Waals surface area contributed by atoms with Gasteiger partial charge in [0, 0.05) is 23.6 Å². The molecule has 0 saturated heterocycles. The molecule has 0 aliphatic carbocycles. The molecule has 0 atom stereocenters. The van der Waals surface area contributed by atoms with Crippen LogP contribution >= 0.6 is 11.8 Å². The van der Waals surface area contributed by atoms with Gasteiger partial charge in [-0.15, -0.1) is 6.58 Å². The molecule has 2 heteroatoms. The van der Waals surface area contributed by atoms with Crippen molar-refractivity contribution in [3.8, 4) is 11.8 Å². The van der Waals surface area contributed by atoms with Crippen molar-refractivity contribution in [2.45, 2.75) is 0 Å². The molecule has 0 aromatic heterocycles. The van der Waals surface area contributed by atoms with E-state index >= 15 is 0 Å². The number of nitrogens with one attached hydrogen (secondary N) is 1. The first-order valence-corrected chi connectivity index (χ1v) is 6.52.